The Morgan fingerprint density at radius 3 is 2.73 bits per heavy atom. The zero-order valence-corrected chi connectivity index (χ0v) is 15.3. The van der Waals surface area contributed by atoms with Gasteiger partial charge in [-0.2, -0.15) is 0 Å². The van der Waals surface area contributed by atoms with Gasteiger partial charge in [-0.05, 0) is 23.8 Å². The molecule has 4 aromatic rings. The van der Waals surface area contributed by atoms with E-state index in [4.69, 9.17) is 9.72 Å². The van der Waals surface area contributed by atoms with Crippen LogP contribution in [0.4, 0.5) is 5.13 Å². The molecule has 1 aromatic heterocycles. The van der Waals surface area contributed by atoms with Gasteiger partial charge in [-0.1, -0.05) is 60.2 Å². The lowest BCUT2D eigenvalue weighted by Gasteiger charge is -2.29. The Kier molecular flexibility index (Phi) is 3.64. The zero-order valence-electron chi connectivity index (χ0n) is 14.5. The van der Waals surface area contributed by atoms with Crippen molar-refractivity contribution in [2.45, 2.75) is 13.5 Å². The summed E-state index contributed by atoms with van der Waals surface area (Å²) in [4.78, 5) is 7.06. The summed E-state index contributed by atoms with van der Waals surface area (Å²) in [7, 11) is 0. The molecule has 3 aromatic carbocycles. The molecule has 128 valence electrons. The molecule has 0 spiro atoms. The van der Waals surface area contributed by atoms with E-state index in [2.05, 4.69) is 77.9 Å². The quantitative estimate of drug-likeness (QED) is 0.464. The molecule has 2 heterocycles. The van der Waals surface area contributed by atoms with Gasteiger partial charge in [-0.15, -0.1) is 11.3 Å². The van der Waals surface area contributed by atoms with E-state index >= 15 is 0 Å². The summed E-state index contributed by atoms with van der Waals surface area (Å²) >= 11 is 1.67. The maximum atomic E-state index is 6.02. The third-order valence-electron chi connectivity index (χ3n) is 4.83. The first kappa shape index (κ1) is 15.4. The highest BCUT2D eigenvalue weighted by atomic mass is 32.1. The lowest BCUT2D eigenvalue weighted by atomic mass is 10.0. The van der Waals surface area contributed by atoms with Crippen molar-refractivity contribution < 1.29 is 4.74 Å². The van der Waals surface area contributed by atoms with Gasteiger partial charge in [-0.25, -0.2) is 4.98 Å². The van der Waals surface area contributed by atoms with Gasteiger partial charge in [0.1, 0.15) is 5.75 Å². The lowest BCUT2D eigenvalue weighted by Crippen LogP contribution is -2.31. The van der Waals surface area contributed by atoms with Crippen molar-refractivity contribution in [3.63, 3.8) is 0 Å². The average molecular weight is 358 g/mol. The summed E-state index contributed by atoms with van der Waals surface area (Å²) in [5.41, 5.74) is 4.68. The number of hydrogen-bond acceptors (Lipinski definition) is 4. The van der Waals surface area contributed by atoms with Crippen LogP contribution in [0.2, 0.25) is 0 Å². The Balaban J connectivity index is 1.48. The number of rotatable bonds is 2. The fourth-order valence-corrected chi connectivity index (χ4v) is 4.21. The zero-order chi connectivity index (χ0) is 17.5. The van der Waals surface area contributed by atoms with Crippen LogP contribution in [-0.4, -0.2) is 11.7 Å². The van der Waals surface area contributed by atoms with Crippen molar-refractivity contribution in [3.05, 3.63) is 77.2 Å². The fraction of sp³-hybridized carbons (Fsp3) is 0.136. The van der Waals surface area contributed by atoms with Gasteiger partial charge >= 0.3 is 0 Å². The summed E-state index contributed by atoms with van der Waals surface area (Å²) in [5, 5.41) is 5.62. The second-order valence-corrected chi connectivity index (χ2v) is 7.45. The predicted molar refractivity (Wildman–Crippen MR) is 108 cm³/mol. The molecule has 0 saturated carbocycles. The number of thiazole rings is 1. The maximum absolute atomic E-state index is 6.02. The highest BCUT2D eigenvalue weighted by Crippen LogP contribution is 2.36. The molecule has 0 radical (unpaired) electrons. The maximum Gasteiger partial charge on any atom is 0.188 e. The van der Waals surface area contributed by atoms with Gasteiger partial charge in [-0.3, -0.25) is 0 Å². The fourth-order valence-electron chi connectivity index (χ4n) is 3.39. The largest absolute Gasteiger partial charge is 0.473 e. The first-order valence-corrected chi connectivity index (χ1v) is 9.57. The molecular formula is C22H18N2OS. The highest BCUT2D eigenvalue weighted by molar-refractivity contribution is 7.14. The van der Waals surface area contributed by atoms with E-state index in [9.17, 15) is 0 Å². The van der Waals surface area contributed by atoms with Crippen molar-refractivity contribution in [1.29, 1.82) is 0 Å². The van der Waals surface area contributed by atoms with Crippen LogP contribution in [0.1, 0.15) is 11.1 Å². The number of benzene rings is 3. The standard InChI is InChI=1S/C22H18N2OS/c1-15-6-8-17(9-7-15)20-13-26-22(23-20)24-12-19-18-5-3-2-4-16(18)10-11-21(19)25-14-24/h2-11,13H,12,14H2,1H3. The van der Waals surface area contributed by atoms with E-state index in [1.54, 1.807) is 11.3 Å². The summed E-state index contributed by atoms with van der Waals surface area (Å²) in [5.74, 6) is 0.982. The summed E-state index contributed by atoms with van der Waals surface area (Å²) in [6.45, 7) is 3.45. The number of aromatic nitrogens is 1. The molecule has 4 heteroatoms. The van der Waals surface area contributed by atoms with Gasteiger partial charge in [0, 0.05) is 16.5 Å². The van der Waals surface area contributed by atoms with Gasteiger partial charge in [0.05, 0.1) is 12.2 Å². The van der Waals surface area contributed by atoms with E-state index in [1.165, 1.54) is 21.9 Å². The van der Waals surface area contributed by atoms with Crippen LogP contribution in [0.15, 0.2) is 66.0 Å². The number of hydrogen-bond donors (Lipinski definition) is 0. The Bertz CT molecular complexity index is 1080. The van der Waals surface area contributed by atoms with Crippen molar-refractivity contribution in [1.82, 2.24) is 4.98 Å². The van der Waals surface area contributed by atoms with Gasteiger partial charge in [0.2, 0.25) is 0 Å². The summed E-state index contributed by atoms with van der Waals surface area (Å²) < 4.78 is 6.02. The summed E-state index contributed by atoms with van der Waals surface area (Å²) in [6, 6.07) is 21.2. The van der Waals surface area contributed by atoms with Gasteiger partial charge < -0.3 is 9.64 Å². The molecule has 1 aliphatic heterocycles. The molecule has 26 heavy (non-hydrogen) atoms. The van der Waals surface area contributed by atoms with Crippen molar-refractivity contribution >= 4 is 27.2 Å². The number of nitrogens with zero attached hydrogens (tertiary/aromatic N) is 2. The molecule has 0 N–H and O–H groups in total. The second-order valence-electron chi connectivity index (χ2n) is 6.62. The molecule has 0 fully saturated rings. The van der Waals surface area contributed by atoms with Crippen LogP contribution >= 0.6 is 11.3 Å². The lowest BCUT2D eigenvalue weighted by molar-refractivity contribution is 0.290. The Labute approximate surface area is 156 Å². The van der Waals surface area contributed by atoms with Crippen LogP contribution in [0.5, 0.6) is 5.75 Å². The smallest absolute Gasteiger partial charge is 0.188 e. The molecule has 3 nitrogen and oxygen atoms in total. The number of ether oxygens (including phenoxy) is 1. The number of aryl methyl sites for hydroxylation is 1. The van der Waals surface area contributed by atoms with Crippen LogP contribution in [-0.2, 0) is 6.54 Å². The molecule has 1 aliphatic rings. The Morgan fingerprint density at radius 1 is 1.00 bits per heavy atom. The third-order valence-corrected chi connectivity index (χ3v) is 5.73. The third kappa shape index (κ3) is 2.63. The van der Waals surface area contributed by atoms with Crippen LogP contribution in [0.3, 0.4) is 0 Å². The van der Waals surface area contributed by atoms with Crippen molar-refractivity contribution in [2.75, 3.05) is 11.6 Å². The van der Waals surface area contributed by atoms with Crippen LogP contribution in [0, 0.1) is 6.92 Å². The molecule has 0 aliphatic carbocycles. The molecule has 0 amide bonds. The average Bonchev–Trinajstić information content (AvgIpc) is 3.18. The molecule has 0 atom stereocenters. The minimum atomic E-state index is 0.534. The molecule has 0 saturated heterocycles. The highest BCUT2D eigenvalue weighted by Gasteiger charge is 2.22. The van der Waals surface area contributed by atoms with Gasteiger partial charge in [0.15, 0.2) is 11.9 Å². The first-order valence-electron chi connectivity index (χ1n) is 8.69. The summed E-state index contributed by atoms with van der Waals surface area (Å²) in [6.07, 6.45) is 0. The topological polar surface area (TPSA) is 25.4 Å². The Morgan fingerprint density at radius 2 is 1.85 bits per heavy atom. The molecule has 5 rings (SSSR count). The van der Waals surface area contributed by atoms with Crippen LogP contribution in [0.25, 0.3) is 22.0 Å². The minimum Gasteiger partial charge on any atom is -0.473 e. The molecule has 0 bridgehead atoms. The van der Waals surface area contributed by atoms with E-state index in [0.717, 1.165) is 28.7 Å². The number of fused-ring (bicyclic) bond motifs is 3. The van der Waals surface area contributed by atoms with E-state index in [1.807, 2.05) is 0 Å². The number of anilines is 1. The minimum absolute atomic E-state index is 0.534. The SMILES string of the molecule is Cc1ccc(-c2csc(N3COc4ccc5ccccc5c4C3)n2)cc1. The predicted octanol–water partition coefficient (Wildman–Crippen LogP) is 5.63. The molecular weight excluding hydrogens is 340 g/mol. The molecule has 0 unspecified atom stereocenters. The first-order chi connectivity index (χ1) is 12.8. The normalized spacial score (nSPS) is 13.5. The van der Waals surface area contributed by atoms with E-state index in [-0.39, 0.29) is 0 Å². The van der Waals surface area contributed by atoms with Gasteiger partial charge in [0.25, 0.3) is 0 Å². The Hall–Kier alpha value is -2.85. The monoisotopic (exact) mass is 358 g/mol. The van der Waals surface area contributed by atoms with Crippen LogP contribution < -0.4 is 9.64 Å². The van der Waals surface area contributed by atoms with E-state index in [0.29, 0.717) is 6.73 Å². The van der Waals surface area contributed by atoms with Crippen molar-refractivity contribution in [3.8, 4) is 17.0 Å². The van der Waals surface area contributed by atoms with Crippen molar-refractivity contribution in [2.24, 2.45) is 0 Å². The van der Waals surface area contributed by atoms with E-state index < -0.39 is 0 Å². The second kappa shape index (κ2) is 6.15.